The Bertz CT molecular complexity index is 834. The topological polar surface area (TPSA) is 38.3 Å². The second-order valence-electron chi connectivity index (χ2n) is 5.15. The van der Waals surface area contributed by atoms with Crippen LogP contribution < -0.4 is 10.1 Å². The van der Waals surface area contributed by atoms with Gasteiger partial charge < -0.3 is 10.1 Å². The largest absolute Gasteiger partial charge is 0.451 e. The van der Waals surface area contributed by atoms with Gasteiger partial charge in [0.15, 0.2) is 5.76 Å². The predicted molar refractivity (Wildman–Crippen MR) is 103 cm³/mol. The van der Waals surface area contributed by atoms with E-state index in [-0.39, 0.29) is 11.7 Å². The van der Waals surface area contributed by atoms with Crippen molar-refractivity contribution in [1.29, 1.82) is 0 Å². The molecule has 124 valence electrons. The minimum Gasteiger partial charge on any atom is -0.451 e. The monoisotopic (exact) mass is 347 g/mol. The maximum Gasteiger partial charge on any atom is 0.291 e. The number of amides is 1. The Hall–Kier alpha value is -2.98. The number of hydrogen-bond acceptors (Lipinski definition) is 3. The molecule has 3 rings (SSSR count). The zero-order valence-electron chi connectivity index (χ0n) is 13.5. The first-order chi connectivity index (χ1) is 12.3. The molecule has 0 aliphatic carbocycles. The van der Waals surface area contributed by atoms with E-state index >= 15 is 0 Å². The minimum absolute atomic E-state index is 0.240. The molecule has 4 heteroatoms. The first-order valence-corrected chi connectivity index (χ1v) is 8.70. The number of para-hydroxylation sites is 2. The zero-order valence-corrected chi connectivity index (χ0v) is 14.3. The lowest BCUT2D eigenvalue weighted by atomic mass is 10.3. The number of carbonyl (C=O) groups excluding carboxylic acids is 1. The van der Waals surface area contributed by atoms with Crippen molar-refractivity contribution in [3.8, 4) is 5.75 Å². The standard InChI is InChI=1S/C21H17NO2S/c23-21(22-17-10-4-1-5-11-17)20(24-18-12-6-2-7-13-18)16-25-19-14-8-3-9-15-19/h1-16H,(H,22,23)/b20-16-. The molecule has 0 unspecified atom stereocenters. The number of rotatable bonds is 6. The fourth-order valence-corrected chi connectivity index (χ4v) is 2.79. The van der Waals surface area contributed by atoms with Gasteiger partial charge >= 0.3 is 0 Å². The third-order valence-corrected chi connectivity index (χ3v) is 4.15. The Morgan fingerprint density at radius 2 is 1.36 bits per heavy atom. The van der Waals surface area contributed by atoms with Crippen molar-refractivity contribution < 1.29 is 9.53 Å². The highest BCUT2D eigenvalue weighted by molar-refractivity contribution is 8.02. The zero-order chi connectivity index (χ0) is 17.3. The van der Waals surface area contributed by atoms with Crippen molar-refractivity contribution in [1.82, 2.24) is 0 Å². The highest BCUT2D eigenvalue weighted by atomic mass is 32.2. The van der Waals surface area contributed by atoms with E-state index in [1.165, 1.54) is 11.8 Å². The average Bonchev–Trinajstić information content (AvgIpc) is 2.67. The van der Waals surface area contributed by atoms with Crippen LogP contribution >= 0.6 is 11.8 Å². The van der Waals surface area contributed by atoms with Crippen molar-refractivity contribution in [3.05, 3.63) is 102 Å². The number of anilines is 1. The summed E-state index contributed by atoms with van der Waals surface area (Å²) in [6.07, 6.45) is 0. The quantitative estimate of drug-likeness (QED) is 0.372. The van der Waals surface area contributed by atoms with Crippen molar-refractivity contribution >= 4 is 23.4 Å². The number of ether oxygens (including phenoxy) is 1. The molecule has 0 radical (unpaired) electrons. The van der Waals surface area contributed by atoms with E-state index < -0.39 is 0 Å². The van der Waals surface area contributed by atoms with Gasteiger partial charge in [-0.15, -0.1) is 0 Å². The van der Waals surface area contributed by atoms with Crippen LogP contribution in [-0.4, -0.2) is 5.91 Å². The maximum absolute atomic E-state index is 12.6. The summed E-state index contributed by atoms with van der Waals surface area (Å²) < 4.78 is 5.80. The number of hydrogen-bond donors (Lipinski definition) is 1. The molecule has 3 nitrogen and oxygen atoms in total. The van der Waals surface area contributed by atoms with Crippen LogP contribution in [0.25, 0.3) is 0 Å². The smallest absolute Gasteiger partial charge is 0.291 e. The molecule has 3 aromatic rings. The molecular formula is C21H17NO2S. The second kappa shape index (κ2) is 8.76. The molecule has 25 heavy (non-hydrogen) atoms. The normalized spacial score (nSPS) is 11.0. The molecule has 0 aliphatic heterocycles. The molecule has 0 spiro atoms. The molecule has 0 saturated heterocycles. The van der Waals surface area contributed by atoms with E-state index in [1.54, 1.807) is 5.41 Å². The lowest BCUT2D eigenvalue weighted by Gasteiger charge is -2.11. The van der Waals surface area contributed by atoms with Gasteiger partial charge in [-0.2, -0.15) is 0 Å². The molecular weight excluding hydrogens is 330 g/mol. The van der Waals surface area contributed by atoms with E-state index in [9.17, 15) is 4.79 Å². The Kier molecular flexibility index (Phi) is 5.91. The summed E-state index contributed by atoms with van der Waals surface area (Å²) in [7, 11) is 0. The predicted octanol–water partition coefficient (Wildman–Crippen LogP) is 5.34. The molecule has 0 bridgehead atoms. The Morgan fingerprint density at radius 1 is 0.800 bits per heavy atom. The second-order valence-corrected chi connectivity index (χ2v) is 6.09. The summed E-state index contributed by atoms with van der Waals surface area (Å²) in [4.78, 5) is 13.7. The van der Waals surface area contributed by atoms with Crippen LogP contribution in [-0.2, 0) is 4.79 Å². The molecule has 1 amide bonds. The fourth-order valence-electron chi connectivity index (χ4n) is 2.07. The highest BCUT2D eigenvalue weighted by Crippen LogP contribution is 2.23. The van der Waals surface area contributed by atoms with Crippen LogP contribution in [0.3, 0.4) is 0 Å². The Labute approximate surface area is 151 Å². The summed E-state index contributed by atoms with van der Waals surface area (Å²) in [5, 5.41) is 4.58. The van der Waals surface area contributed by atoms with Crippen LogP contribution in [0, 0.1) is 0 Å². The molecule has 0 atom stereocenters. The van der Waals surface area contributed by atoms with Crippen LogP contribution in [0.5, 0.6) is 5.75 Å². The van der Waals surface area contributed by atoms with Crippen LogP contribution in [0.4, 0.5) is 5.69 Å². The van der Waals surface area contributed by atoms with E-state index in [0.717, 1.165) is 10.6 Å². The van der Waals surface area contributed by atoms with Crippen molar-refractivity contribution in [2.75, 3.05) is 5.32 Å². The van der Waals surface area contributed by atoms with Gasteiger partial charge in [0.25, 0.3) is 5.91 Å². The van der Waals surface area contributed by atoms with Gasteiger partial charge in [0.1, 0.15) is 5.75 Å². The lowest BCUT2D eigenvalue weighted by molar-refractivity contribution is -0.114. The van der Waals surface area contributed by atoms with Crippen molar-refractivity contribution in [2.24, 2.45) is 0 Å². The number of carbonyl (C=O) groups is 1. The number of benzene rings is 3. The summed E-state index contributed by atoms with van der Waals surface area (Å²) in [6.45, 7) is 0. The van der Waals surface area contributed by atoms with Gasteiger partial charge in [0, 0.05) is 16.0 Å². The Morgan fingerprint density at radius 3 is 2.00 bits per heavy atom. The molecule has 0 saturated carbocycles. The minimum atomic E-state index is -0.293. The highest BCUT2D eigenvalue weighted by Gasteiger charge is 2.13. The summed E-state index contributed by atoms with van der Waals surface area (Å²) in [5.41, 5.74) is 0.722. The summed E-state index contributed by atoms with van der Waals surface area (Å²) in [5.74, 6) is 0.563. The maximum atomic E-state index is 12.6. The van der Waals surface area contributed by atoms with Gasteiger partial charge in [-0.25, -0.2) is 0 Å². The van der Waals surface area contributed by atoms with Gasteiger partial charge in [0.2, 0.25) is 0 Å². The summed E-state index contributed by atoms with van der Waals surface area (Å²) >= 11 is 1.44. The fraction of sp³-hybridized carbons (Fsp3) is 0. The van der Waals surface area contributed by atoms with Crippen LogP contribution in [0.2, 0.25) is 0 Å². The van der Waals surface area contributed by atoms with Gasteiger partial charge in [-0.05, 0) is 36.4 Å². The van der Waals surface area contributed by atoms with Gasteiger partial charge in [-0.1, -0.05) is 66.4 Å². The molecule has 0 aliphatic rings. The third kappa shape index (κ3) is 5.26. The van der Waals surface area contributed by atoms with Crippen molar-refractivity contribution in [2.45, 2.75) is 4.90 Å². The lowest BCUT2D eigenvalue weighted by Crippen LogP contribution is -2.18. The SMILES string of the molecule is O=C(Nc1ccccc1)/C(=C/Sc1ccccc1)Oc1ccccc1. The average molecular weight is 347 g/mol. The Balaban J connectivity index is 1.79. The third-order valence-electron chi connectivity index (χ3n) is 3.27. The van der Waals surface area contributed by atoms with E-state index in [1.807, 2.05) is 91.0 Å². The van der Waals surface area contributed by atoms with Crippen LogP contribution in [0.15, 0.2) is 107 Å². The van der Waals surface area contributed by atoms with Gasteiger partial charge in [0.05, 0.1) is 0 Å². The van der Waals surface area contributed by atoms with E-state index in [2.05, 4.69) is 5.32 Å². The number of thioether (sulfide) groups is 1. The first-order valence-electron chi connectivity index (χ1n) is 7.82. The summed E-state index contributed by atoms with van der Waals surface area (Å²) in [6, 6.07) is 28.4. The molecule has 1 N–H and O–H groups in total. The van der Waals surface area contributed by atoms with Crippen molar-refractivity contribution in [3.63, 3.8) is 0 Å². The van der Waals surface area contributed by atoms with E-state index in [4.69, 9.17) is 4.74 Å². The van der Waals surface area contributed by atoms with E-state index in [0.29, 0.717) is 5.75 Å². The molecule has 3 aromatic carbocycles. The first kappa shape index (κ1) is 16.9. The molecule has 0 heterocycles. The molecule has 0 aromatic heterocycles. The van der Waals surface area contributed by atoms with Crippen LogP contribution in [0.1, 0.15) is 0 Å². The molecule has 0 fully saturated rings. The number of nitrogens with one attached hydrogen (secondary N) is 1. The van der Waals surface area contributed by atoms with Gasteiger partial charge in [-0.3, -0.25) is 4.79 Å².